The third kappa shape index (κ3) is 4.11. The lowest BCUT2D eigenvalue weighted by molar-refractivity contribution is 0.251. The molecule has 2 aromatic rings. The van der Waals surface area contributed by atoms with E-state index in [9.17, 15) is 9.18 Å². The maximum absolute atomic E-state index is 13.1. The third-order valence-electron chi connectivity index (χ3n) is 3.71. The fraction of sp³-hybridized carbons (Fsp3) is 0.312. The summed E-state index contributed by atoms with van der Waals surface area (Å²) in [6, 6.07) is 5.41. The molecule has 126 valence electrons. The number of nitrogens with zero attached hydrogens (tertiary/aromatic N) is 3. The van der Waals surface area contributed by atoms with Gasteiger partial charge in [0.1, 0.15) is 17.5 Å². The minimum absolute atomic E-state index is 0.0468. The highest BCUT2D eigenvalue weighted by Gasteiger charge is 2.14. The SMILES string of the molecule is O=C(NCc1nccc(N2CCCC2)n1)Nc1ccc(F)c(Cl)c1. The number of carbonyl (C=O) groups is 1. The average Bonchev–Trinajstić information content (AvgIpc) is 3.11. The van der Waals surface area contributed by atoms with Crippen LogP contribution in [-0.2, 0) is 6.54 Å². The van der Waals surface area contributed by atoms with E-state index in [2.05, 4.69) is 25.5 Å². The van der Waals surface area contributed by atoms with Crippen LogP contribution in [0.3, 0.4) is 0 Å². The van der Waals surface area contributed by atoms with Crippen molar-refractivity contribution in [1.82, 2.24) is 15.3 Å². The molecule has 24 heavy (non-hydrogen) atoms. The Morgan fingerprint density at radius 3 is 2.83 bits per heavy atom. The third-order valence-corrected chi connectivity index (χ3v) is 4.00. The molecule has 8 heteroatoms. The number of hydrogen-bond donors (Lipinski definition) is 2. The first kappa shape index (κ1) is 16.4. The molecule has 0 atom stereocenters. The van der Waals surface area contributed by atoms with Gasteiger partial charge < -0.3 is 15.5 Å². The first-order valence-corrected chi connectivity index (χ1v) is 8.06. The van der Waals surface area contributed by atoms with Gasteiger partial charge in [-0.25, -0.2) is 19.2 Å². The molecule has 0 saturated carbocycles. The van der Waals surface area contributed by atoms with Crippen LogP contribution in [0.4, 0.5) is 20.7 Å². The van der Waals surface area contributed by atoms with E-state index in [1.807, 2.05) is 6.07 Å². The lowest BCUT2D eigenvalue weighted by Crippen LogP contribution is -2.29. The lowest BCUT2D eigenvalue weighted by Gasteiger charge is -2.16. The highest BCUT2D eigenvalue weighted by atomic mass is 35.5. The number of urea groups is 1. The summed E-state index contributed by atoms with van der Waals surface area (Å²) in [5, 5.41) is 5.20. The fourth-order valence-corrected chi connectivity index (χ4v) is 2.68. The molecular formula is C16H17ClFN5O. The van der Waals surface area contributed by atoms with Crippen molar-refractivity contribution in [3.8, 4) is 0 Å². The monoisotopic (exact) mass is 349 g/mol. The zero-order valence-electron chi connectivity index (χ0n) is 12.9. The number of anilines is 2. The quantitative estimate of drug-likeness (QED) is 0.889. The molecule has 0 radical (unpaired) electrons. The minimum Gasteiger partial charge on any atom is -0.357 e. The van der Waals surface area contributed by atoms with Crippen molar-refractivity contribution >= 4 is 29.1 Å². The zero-order chi connectivity index (χ0) is 16.9. The lowest BCUT2D eigenvalue weighted by atomic mass is 10.3. The number of benzene rings is 1. The topological polar surface area (TPSA) is 70.2 Å². The van der Waals surface area contributed by atoms with Crippen LogP contribution >= 0.6 is 11.6 Å². The summed E-state index contributed by atoms with van der Waals surface area (Å²) in [5.74, 6) is 0.881. The summed E-state index contributed by atoms with van der Waals surface area (Å²) in [5.41, 5.74) is 0.408. The number of aromatic nitrogens is 2. The van der Waals surface area contributed by atoms with Gasteiger partial charge in [-0.2, -0.15) is 0 Å². The van der Waals surface area contributed by atoms with Gasteiger partial charge in [-0.05, 0) is 37.1 Å². The van der Waals surface area contributed by atoms with Gasteiger partial charge in [-0.1, -0.05) is 11.6 Å². The standard InChI is InChI=1S/C16H17ClFN5O/c17-12-9-11(3-4-13(12)18)21-16(24)20-10-14-19-6-5-15(22-14)23-7-1-2-8-23/h3-6,9H,1-2,7-8,10H2,(H2,20,21,24). The largest absolute Gasteiger partial charge is 0.357 e. The fourth-order valence-electron chi connectivity index (χ4n) is 2.50. The van der Waals surface area contributed by atoms with Gasteiger partial charge in [-0.15, -0.1) is 0 Å². The number of rotatable bonds is 4. The maximum Gasteiger partial charge on any atom is 0.319 e. The van der Waals surface area contributed by atoms with Crippen molar-refractivity contribution in [3.63, 3.8) is 0 Å². The van der Waals surface area contributed by atoms with E-state index in [0.717, 1.165) is 18.9 Å². The second kappa shape index (κ2) is 7.44. The van der Waals surface area contributed by atoms with Crippen molar-refractivity contribution in [2.45, 2.75) is 19.4 Å². The predicted octanol–water partition coefficient (Wildman–Crippen LogP) is 3.19. The average molecular weight is 350 g/mol. The molecule has 1 aromatic carbocycles. The van der Waals surface area contributed by atoms with Gasteiger partial charge in [-0.3, -0.25) is 0 Å². The molecule has 2 heterocycles. The summed E-state index contributed by atoms with van der Waals surface area (Å²) in [6.07, 6.45) is 4.02. The van der Waals surface area contributed by atoms with Gasteiger partial charge in [0.15, 0.2) is 0 Å². The second-order valence-corrected chi connectivity index (χ2v) is 5.87. The molecule has 1 aromatic heterocycles. The highest BCUT2D eigenvalue weighted by Crippen LogP contribution is 2.19. The van der Waals surface area contributed by atoms with Crippen LogP contribution in [0.2, 0.25) is 5.02 Å². The van der Waals surface area contributed by atoms with E-state index >= 15 is 0 Å². The number of halogens is 2. The first-order valence-electron chi connectivity index (χ1n) is 7.68. The molecular weight excluding hydrogens is 333 g/mol. The van der Waals surface area contributed by atoms with E-state index < -0.39 is 11.8 Å². The molecule has 1 saturated heterocycles. The molecule has 2 amide bonds. The maximum atomic E-state index is 13.1. The molecule has 1 aliphatic heterocycles. The Morgan fingerprint density at radius 1 is 1.29 bits per heavy atom. The first-order chi connectivity index (χ1) is 11.6. The van der Waals surface area contributed by atoms with E-state index in [1.54, 1.807) is 6.20 Å². The Kier molecular flexibility index (Phi) is 5.10. The number of carbonyl (C=O) groups excluding carboxylic acids is 1. The zero-order valence-corrected chi connectivity index (χ0v) is 13.7. The summed E-state index contributed by atoms with van der Waals surface area (Å²) in [6.45, 7) is 2.19. The Hall–Kier alpha value is -2.41. The molecule has 6 nitrogen and oxygen atoms in total. The normalized spacial score (nSPS) is 13.8. The van der Waals surface area contributed by atoms with E-state index in [0.29, 0.717) is 11.5 Å². The van der Waals surface area contributed by atoms with E-state index in [4.69, 9.17) is 11.6 Å². The van der Waals surface area contributed by atoms with Crippen LogP contribution in [0.5, 0.6) is 0 Å². The summed E-state index contributed by atoms with van der Waals surface area (Å²) >= 11 is 5.68. The van der Waals surface area contributed by atoms with Crippen LogP contribution in [0.25, 0.3) is 0 Å². The number of nitrogens with one attached hydrogen (secondary N) is 2. The molecule has 0 unspecified atom stereocenters. The molecule has 2 N–H and O–H groups in total. The Balaban J connectivity index is 1.55. The van der Waals surface area contributed by atoms with Crippen molar-refractivity contribution in [2.24, 2.45) is 0 Å². The van der Waals surface area contributed by atoms with Crippen molar-refractivity contribution in [2.75, 3.05) is 23.3 Å². The number of amides is 2. The van der Waals surface area contributed by atoms with Crippen LogP contribution in [0, 0.1) is 5.82 Å². The molecule has 0 bridgehead atoms. The van der Waals surface area contributed by atoms with Gasteiger partial charge in [0.05, 0.1) is 11.6 Å². The molecule has 0 aliphatic carbocycles. The van der Waals surface area contributed by atoms with Crippen molar-refractivity contribution < 1.29 is 9.18 Å². The summed E-state index contributed by atoms with van der Waals surface area (Å²) in [4.78, 5) is 22.7. The van der Waals surface area contributed by atoms with E-state index in [-0.39, 0.29) is 11.6 Å². The van der Waals surface area contributed by atoms with Gasteiger partial charge in [0.2, 0.25) is 0 Å². The van der Waals surface area contributed by atoms with Gasteiger partial charge >= 0.3 is 6.03 Å². The van der Waals surface area contributed by atoms with Crippen LogP contribution < -0.4 is 15.5 Å². The van der Waals surface area contributed by atoms with Gasteiger partial charge in [0.25, 0.3) is 0 Å². The number of hydrogen-bond acceptors (Lipinski definition) is 4. The summed E-state index contributed by atoms with van der Waals surface area (Å²) < 4.78 is 13.1. The van der Waals surface area contributed by atoms with Crippen LogP contribution in [0.1, 0.15) is 18.7 Å². The highest BCUT2D eigenvalue weighted by molar-refractivity contribution is 6.31. The second-order valence-electron chi connectivity index (χ2n) is 5.46. The Labute approximate surface area is 144 Å². The molecule has 0 spiro atoms. The predicted molar refractivity (Wildman–Crippen MR) is 90.7 cm³/mol. The molecule has 1 aliphatic rings. The smallest absolute Gasteiger partial charge is 0.319 e. The van der Waals surface area contributed by atoms with Crippen molar-refractivity contribution in [1.29, 1.82) is 0 Å². The Morgan fingerprint density at radius 2 is 2.08 bits per heavy atom. The van der Waals surface area contributed by atoms with Gasteiger partial charge in [0, 0.05) is 25.0 Å². The summed E-state index contributed by atoms with van der Waals surface area (Å²) in [7, 11) is 0. The van der Waals surface area contributed by atoms with Crippen LogP contribution in [-0.4, -0.2) is 29.1 Å². The molecule has 3 rings (SSSR count). The Bertz CT molecular complexity index is 736. The van der Waals surface area contributed by atoms with Crippen molar-refractivity contribution in [3.05, 3.63) is 47.1 Å². The minimum atomic E-state index is -0.533. The molecule has 1 fully saturated rings. The van der Waals surface area contributed by atoms with E-state index in [1.165, 1.54) is 31.0 Å². The van der Waals surface area contributed by atoms with Crippen LogP contribution in [0.15, 0.2) is 30.5 Å².